The van der Waals surface area contributed by atoms with Crippen LogP contribution in [0.2, 0.25) is 0 Å². The van der Waals surface area contributed by atoms with Crippen LogP contribution >= 0.6 is 0 Å². The van der Waals surface area contributed by atoms with Crippen LogP contribution in [0.5, 0.6) is 0 Å². The molecule has 0 saturated carbocycles. The highest BCUT2D eigenvalue weighted by Crippen LogP contribution is 2.25. The van der Waals surface area contributed by atoms with Crippen LogP contribution in [0, 0.1) is 0 Å². The van der Waals surface area contributed by atoms with E-state index < -0.39 is 11.7 Å². The first-order valence-corrected chi connectivity index (χ1v) is 4.90. The Balaban J connectivity index is 2.66. The van der Waals surface area contributed by atoms with Gasteiger partial charge in [-0.1, -0.05) is 42.5 Å². The van der Waals surface area contributed by atoms with Gasteiger partial charge < -0.3 is 0 Å². The van der Waals surface area contributed by atoms with Crippen molar-refractivity contribution in [2.45, 2.75) is 12.8 Å². The normalized spacial score (nSPS) is 11.7. The number of Topliss-reactive ketones (excluding diaryl/α,β-unsaturated/α-hetero) is 1. The van der Waals surface area contributed by atoms with E-state index in [1.807, 2.05) is 0 Å². The molecule has 0 aliphatic carbocycles. The molecule has 16 heavy (non-hydrogen) atoms. The summed E-state index contributed by atoms with van der Waals surface area (Å²) in [5, 5.41) is 1.36. The first-order valence-electron chi connectivity index (χ1n) is 4.90. The van der Waals surface area contributed by atoms with Gasteiger partial charge in [0, 0.05) is 12.5 Å². The fraction of sp³-hybridized carbons (Fsp3) is 0.154. The van der Waals surface area contributed by atoms with Gasteiger partial charge in [-0.25, -0.2) is 0 Å². The van der Waals surface area contributed by atoms with Crippen molar-refractivity contribution in [3.63, 3.8) is 0 Å². The topological polar surface area (TPSA) is 17.1 Å². The van der Waals surface area contributed by atoms with Gasteiger partial charge in [-0.3, -0.25) is 4.79 Å². The molecule has 0 saturated heterocycles. The van der Waals surface area contributed by atoms with Gasteiger partial charge in [0.25, 0.3) is 0 Å². The third kappa shape index (κ3) is 1.81. The van der Waals surface area contributed by atoms with Crippen LogP contribution in [0.3, 0.4) is 0 Å². The number of benzene rings is 2. The van der Waals surface area contributed by atoms with E-state index in [-0.39, 0.29) is 5.56 Å². The van der Waals surface area contributed by atoms with Crippen molar-refractivity contribution < 1.29 is 13.6 Å². The molecule has 0 unspecified atom stereocenters. The molecule has 0 spiro atoms. The maximum atomic E-state index is 13.0. The summed E-state index contributed by atoms with van der Waals surface area (Å²) in [7, 11) is 0. The second-order valence-corrected chi connectivity index (χ2v) is 3.74. The maximum absolute atomic E-state index is 13.0. The van der Waals surface area contributed by atoms with Crippen LogP contribution in [0.1, 0.15) is 17.3 Å². The number of hydrogen-bond donors (Lipinski definition) is 0. The van der Waals surface area contributed by atoms with E-state index in [0.29, 0.717) is 12.3 Å². The maximum Gasteiger partial charge on any atom is 0.307 e. The molecule has 2 rings (SSSR count). The zero-order valence-electron chi connectivity index (χ0n) is 8.71. The molecular weight excluding hydrogens is 210 g/mol. The molecule has 0 bridgehead atoms. The van der Waals surface area contributed by atoms with E-state index in [0.717, 1.165) is 5.39 Å². The van der Waals surface area contributed by atoms with Crippen LogP contribution in [0.4, 0.5) is 8.78 Å². The van der Waals surface area contributed by atoms with Crippen LogP contribution in [-0.4, -0.2) is 11.7 Å². The van der Waals surface area contributed by atoms with Gasteiger partial charge in [0.2, 0.25) is 5.78 Å². The smallest absolute Gasteiger partial charge is 0.287 e. The summed E-state index contributed by atoms with van der Waals surface area (Å²) in [5.41, 5.74) is 0.0746. The number of alkyl halides is 2. The van der Waals surface area contributed by atoms with E-state index in [1.54, 1.807) is 36.4 Å². The second kappa shape index (κ2) is 3.67. The summed E-state index contributed by atoms with van der Waals surface area (Å²) in [4.78, 5) is 11.5. The van der Waals surface area contributed by atoms with Crippen LogP contribution in [0.25, 0.3) is 10.8 Å². The third-order valence-corrected chi connectivity index (χ3v) is 2.43. The first-order chi connectivity index (χ1) is 7.50. The molecule has 1 nitrogen and oxygen atoms in total. The number of fused-ring (bicyclic) bond motifs is 1. The van der Waals surface area contributed by atoms with Gasteiger partial charge in [-0.05, 0) is 10.8 Å². The van der Waals surface area contributed by atoms with Crippen molar-refractivity contribution in [2.75, 3.05) is 0 Å². The molecule has 2 aromatic rings. The number of carbonyl (C=O) groups excluding carboxylic acids is 1. The van der Waals surface area contributed by atoms with E-state index in [1.165, 1.54) is 6.07 Å². The minimum Gasteiger partial charge on any atom is -0.287 e. The molecule has 0 heterocycles. The van der Waals surface area contributed by atoms with Gasteiger partial charge in [-0.2, -0.15) is 8.78 Å². The van der Waals surface area contributed by atoms with Gasteiger partial charge in [0.1, 0.15) is 0 Å². The number of carbonyl (C=O) groups is 1. The number of ketones is 1. The quantitative estimate of drug-likeness (QED) is 0.705. The Kier molecular flexibility index (Phi) is 2.46. The Hall–Kier alpha value is -1.77. The molecule has 82 valence electrons. The standard InChI is InChI=1S/C13H10F2O/c1-13(14,15)12(16)11-8-4-6-9-5-2-3-7-10(9)11/h2-8H,1H3. The molecule has 0 atom stereocenters. The average molecular weight is 220 g/mol. The average Bonchev–Trinajstić information content (AvgIpc) is 2.26. The van der Waals surface area contributed by atoms with Gasteiger partial charge in [0.15, 0.2) is 0 Å². The Bertz CT molecular complexity index is 536. The van der Waals surface area contributed by atoms with Gasteiger partial charge in [-0.15, -0.1) is 0 Å². The third-order valence-electron chi connectivity index (χ3n) is 2.43. The summed E-state index contributed by atoms with van der Waals surface area (Å²) in [6.45, 7) is 0.622. The Morgan fingerprint density at radius 2 is 1.69 bits per heavy atom. The minimum absolute atomic E-state index is 0.0746. The summed E-state index contributed by atoms with van der Waals surface area (Å²) in [5.74, 6) is -4.46. The van der Waals surface area contributed by atoms with E-state index in [2.05, 4.69) is 0 Å². The Morgan fingerprint density at radius 1 is 1.06 bits per heavy atom. The molecule has 3 heteroatoms. The first kappa shape index (κ1) is 10.7. The number of rotatable bonds is 2. The summed E-state index contributed by atoms with van der Waals surface area (Å²) >= 11 is 0. The highest BCUT2D eigenvalue weighted by molar-refractivity contribution is 6.11. The fourth-order valence-corrected chi connectivity index (χ4v) is 1.66. The van der Waals surface area contributed by atoms with E-state index >= 15 is 0 Å². The zero-order chi connectivity index (χ0) is 11.8. The Morgan fingerprint density at radius 3 is 2.38 bits per heavy atom. The molecule has 2 aromatic carbocycles. The van der Waals surface area contributed by atoms with Crippen LogP contribution in [-0.2, 0) is 0 Å². The lowest BCUT2D eigenvalue weighted by atomic mass is 9.99. The summed E-state index contributed by atoms with van der Waals surface area (Å²) < 4.78 is 26.0. The van der Waals surface area contributed by atoms with Crippen LogP contribution in [0.15, 0.2) is 42.5 Å². The number of halogens is 2. The van der Waals surface area contributed by atoms with Crippen molar-refractivity contribution in [3.05, 3.63) is 48.0 Å². The van der Waals surface area contributed by atoms with E-state index in [4.69, 9.17) is 0 Å². The number of hydrogen-bond acceptors (Lipinski definition) is 1. The zero-order valence-corrected chi connectivity index (χ0v) is 8.71. The van der Waals surface area contributed by atoms with Gasteiger partial charge >= 0.3 is 5.92 Å². The van der Waals surface area contributed by atoms with Crippen LogP contribution < -0.4 is 0 Å². The van der Waals surface area contributed by atoms with Crippen molar-refractivity contribution in [1.29, 1.82) is 0 Å². The Labute approximate surface area is 91.7 Å². The lowest BCUT2D eigenvalue weighted by Crippen LogP contribution is -2.24. The summed E-state index contributed by atoms with van der Waals surface area (Å²) in [6, 6.07) is 11.8. The predicted octanol–water partition coefficient (Wildman–Crippen LogP) is 3.68. The fourth-order valence-electron chi connectivity index (χ4n) is 1.66. The molecule has 0 aromatic heterocycles. The highest BCUT2D eigenvalue weighted by atomic mass is 19.3. The largest absolute Gasteiger partial charge is 0.307 e. The van der Waals surface area contributed by atoms with E-state index in [9.17, 15) is 13.6 Å². The molecular formula is C13H10F2O. The molecule has 0 fully saturated rings. The van der Waals surface area contributed by atoms with Crippen molar-refractivity contribution >= 4 is 16.6 Å². The molecule has 0 aliphatic heterocycles. The second-order valence-electron chi connectivity index (χ2n) is 3.74. The molecule has 0 N–H and O–H groups in total. The lowest BCUT2D eigenvalue weighted by molar-refractivity contribution is 0.0223. The predicted molar refractivity (Wildman–Crippen MR) is 58.9 cm³/mol. The lowest BCUT2D eigenvalue weighted by Gasteiger charge is -2.10. The molecule has 0 aliphatic rings. The monoisotopic (exact) mass is 220 g/mol. The highest BCUT2D eigenvalue weighted by Gasteiger charge is 2.33. The van der Waals surface area contributed by atoms with Gasteiger partial charge in [0.05, 0.1) is 0 Å². The minimum atomic E-state index is -3.33. The summed E-state index contributed by atoms with van der Waals surface area (Å²) in [6.07, 6.45) is 0. The van der Waals surface area contributed by atoms with Crippen molar-refractivity contribution in [2.24, 2.45) is 0 Å². The molecule has 0 radical (unpaired) electrons. The van der Waals surface area contributed by atoms with Crippen molar-refractivity contribution in [1.82, 2.24) is 0 Å². The van der Waals surface area contributed by atoms with Crippen molar-refractivity contribution in [3.8, 4) is 0 Å². The SMILES string of the molecule is CC(F)(F)C(=O)c1cccc2ccccc12. The molecule has 0 amide bonds.